The fourth-order valence-corrected chi connectivity index (χ4v) is 12.4. The number of rotatable bonds is 29. The van der Waals surface area contributed by atoms with Gasteiger partial charge in [-0.2, -0.15) is 0 Å². The first kappa shape index (κ1) is 75.2. The van der Waals surface area contributed by atoms with Crippen molar-refractivity contribution in [3.63, 3.8) is 0 Å². The largest absolute Gasteiger partial charge is 0.504 e. The Morgan fingerprint density at radius 3 is 2.07 bits per heavy atom. The van der Waals surface area contributed by atoms with E-state index >= 15 is 0 Å². The van der Waals surface area contributed by atoms with E-state index in [-0.39, 0.29) is 48.7 Å². The topological polar surface area (TPSA) is 458 Å². The van der Waals surface area contributed by atoms with Gasteiger partial charge >= 0.3 is 0 Å². The number of nitrogens with two attached hydrogens (primary N) is 1. The van der Waals surface area contributed by atoms with Crippen molar-refractivity contribution in [1.82, 2.24) is 51.9 Å². The molecule has 0 radical (unpaired) electrons. The Bertz CT molecular complexity index is 3160. The van der Waals surface area contributed by atoms with Crippen LogP contribution in [0.5, 0.6) is 17.2 Å². The summed E-state index contributed by atoms with van der Waals surface area (Å²) in [5, 5.41) is 117. The normalized spacial score (nSPS) is 24.3. The number of aliphatic hydroxyl groups is 6. The van der Waals surface area contributed by atoms with Gasteiger partial charge in [-0.15, -0.1) is 10.2 Å². The van der Waals surface area contributed by atoms with E-state index < -0.39 is 158 Å². The number of β-amino-alcohol motifs (C(OH)–C–C–N with tert-alkyl or cyclic N) is 1. The van der Waals surface area contributed by atoms with Crippen molar-refractivity contribution in [2.45, 2.75) is 157 Å². The van der Waals surface area contributed by atoms with Crippen LogP contribution in [0.15, 0.2) is 66.7 Å². The molecule has 95 heavy (non-hydrogen) atoms. The molecule has 3 aliphatic heterocycles. The van der Waals surface area contributed by atoms with E-state index in [9.17, 15) is 69.3 Å². The number of carbonyl (C=O) groups is 7. The third kappa shape index (κ3) is 21.4. The molecule has 0 spiro atoms. The maximum atomic E-state index is 15.0. The second-order valence-corrected chi connectivity index (χ2v) is 25.2. The number of aliphatic hydroxyl groups excluding tert-OH is 6. The molecule has 13 atom stereocenters. The average molecular weight is 1370 g/mol. The second-order valence-electron chi connectivity index (χ2n) is 23.8. The molecule has 16 N–H and O–H groups in total. The highest BCUT2D eigenvalue weighted by atomic mass is 32.2. The minimum atomic E-state index is -2.10. The highest BCUT2D eigenvalue weighted by molar-refractivity contribution is 7.90. The van der Waals surface area contributed by atoms with Crippen molar-refractivity contribution in [3.8, 4) is 38.4 Å². The molecule has 1 aromatic heterocycles. The molecular formula is C62H87N11O20S2. The van der Waals surface area contributed by atoms with E-state index in [4.69, 9.17) is 24.6 Å². The van der Waals surface area contributed by atoms with Gasteiger partial charge in [-0.3, -0.25) is 33.6 Å². The molecule has 3 aromatic carbocycles. The third-order valence-corrected chi connectivity index (χ3v) is 17.9. The first-order valence-electron chi connectivity index (χ1n) is 31.5. The van der Waals surface area contributed by atoms with Crippen LogP contribution in [-0.4, -0.2) is 235 Å². The van der Waals surface area contributed by atoms with Gasteiger partial charge in [-0.25, -0.2) is 5.26 Å². The fourth-order valence-electron chi connectivity index (χ4n) is 11.3. The van der Waals surface area contributed by atoms with Crippen molar-refractivity contribution in [2.24, 2.45) is 11.7 Å². The SMILES string of the molecule is COCCCCCCCOc1ccc(-c2nnc(-c3ccc(C(=O)N[C@H]4C[C@H](O)CNC(=O)[C@@H]5[C@@H](O)[C@H](C)CN5C(=O)[C@H]([C@H](O)CCNCCCCN)NC(=O)[C@H]([C@H](O)Cc5ccc(O)c(OSOOO)c5)NC(=O)[C@@H]5C[C@H](O)CN5C(=O)[C@H]([C@H](C)O)NC4=O)cc3)s2)cc1. The number of ether oxygens (including phenoxy) is 2. The Kier molecular flexibility index (Phi) is 29.5. The summed E-state index contributed by atoms with van der Waals surface area (Å²) in [5.41, 5.74) is 7.20. The van der Waals surface area contributed by atoms with Crippen molar-refractivity contribution >= 4 is 65.0 Å². The molecule has 3 saturated heterocycles. The highest BCUT2D eigenvalue weighted by Gasteiger charge is 2.50. The monoisotopic (exact) mass is 1370 g/mol. The predicted octanol–water partition coefficient (Wildman–Crippen LogP) is -0.416. The molecule has 3 fully saturated rings. The summed E-state index contributed by atoms with van der Waals surface area (Å²) in [6.07, 6.45) is -5.49. The zero-order valence-corrected chi connectivity index (χ0v) is 54.6. The van der Waals surface area contributed by atoms with Crippen LogP contribution in [0.1, 0.15) is 94.0 Å². The molecule has 3 aliphatic rings. The molecule has 0 bridgehead atoms. The summed E-state index contributed by atoms with van der Waals surface area (Å²) < 4.78 is 20.4. The summed E-state index contributed by atoms with van der Waals surface area (Å²) in [6.45, 7) is 3.45. The lowest BCUT2D eigenvalue weighted by Crippen LogP contribution is -2.64. The molecule has 4 heterocycles. The summed E-state index contributed by atoms with van der Waals surface area (Å²) in [6, 6.07) is 6.11. The number of nitrogens with zero attached hydrogens (tertiary/aromatic N) is 4. The van der Waals surface area contributed by atoms with Crippen molar-refractivity contribution in [2.75, 3.05) is 59.6 Å². The lowest BCUT2D eigenvalue weighted by atomic mass is 9.98. The number of amides is 7. The van der Waals surface area contributed by atoms with Crippen molar-refractivity contribution in [3.05, 3.63) is 77.9 Å². The smallest absolute Gasteiger partial charge is 0.261 e. The van der Waals surface area contributed by atoms with Crippen molar-refractivity contribution in [1.29, 1.82) is 0 Å². The number of phenols is 1. The number of benzene rings is 3. The number of hydrogen-bond donors (Lipinski definition) is 15. The van der Waals surface area contributed by atoms with Crippen LogP contribution in [0.4, 0.5) is 0 Å². The van der Waals surface area contributed by atoms with E-state index in [1.807, 2.05) is 24.3 Å². The fraction of sp³-hybridized carbons (Fsp3) is 0.565. The maximum absolute atomic E-state index is 15.0. The van der Waals surface area contributed by atoms with Crippen LogP contribution < -0.4 is 46.6 Å². The molecule has 522 valence electrons. The van der Waals surface area contributed by atoms with E-state index in [0.717, 1.165) is 72.8 Å². The summed E-state index contributed by atoms with van der Waals surface area (Å²) >= 11 is 1.39. The van der Waals surface area contributed by atoms with Gasteiger partial charge in [0.25, 0.3) is 18.2 Å². The van der Waals surface area contributed by atoms with Gasteiger partial charge < -0.3 is 96.8 Å². The first-order chi connectivity index (χ1) is 45.6. The highest BCUT2D eigenvalue weighted by Crippen LogP contribution is 2.33. The number of carbonyl (C=O) groups excluding carboxylic acids is 7. The summed E-state index contributed by atoms with van der Waals surface area (Å²) in [4.78, 5) is 104. The van der Waals surface area contributed by atoms with E-state index in [0.29, 0.717) is 48.1 Å². The Labute approximate surface area is 557 Å². The molecule has 0 aliphatic carbocycles. The summed E-state index contributed by atoms with van der Waals surface area (Å²) in [5.74, 6) is -8.52. The maximum Gasteiger partial charge on any atom is 0.261 e. The summed E-state index contributed by atoms with van der Waals surface area (Å²) in [7, 11) is 1.70. The number of phenolic OH excluding ortho intramolecular Hbond substituents is 1. The zero-order chi connectivity index (χ0) is 68.7. The molecule has 7 amide bonds. The molecule has 31 nitrogen and oxygen atoms in total. The number of aromatic nitrogens is 2. The van der Waals surface area contributed by atoms with Gasteiger partial charge in [0.2, 0.25) is 35.4 Å². The number of methoxy groups -OCH3 is 1. The van der Waals surface area contributed by atoms with Crippen LogP contribution in [-0.2, 0) is 49.3 Å². The Morgan fingerprint density at radius 1 is 0.747 bits per heavy atom. The zero-order valence-electron chi connectivity index (χ0n) is 53.0. The van der Waals surface area contributed by atoms with Gasteiger partial charge in [0.15, 0.2) is 11.5 Å². The number of fused-ring (bicyclic) bond motifs is 2. The van der Waals surface area contributed by atoms with Crippen molar-refractivity contribution < 1.29 is 97.6 Å². The van der Waals surface area contributed by atoms with Crippen LogP contribution in [0.3, 0.4) is 0 Å². The number of nitrogens with one attached hydrogen (secondary N) is 6. The standard InChI is InChI=1S/C62H87N11O20S2/c1-34-32-73-52(53(34)80)58(85)65-31-40(75)29-43(66-54(81)37-12-14-38(15-13-37)59-70-71-60(94-59)39-16-18-42(19-17-39)90-26-10-6-4-5-9-25-89-3)55(82)67-49(35(2)74)61(86)72-33-41(76)30-44(72)56(83)68-50(47(79)27-36-11-20-45(77)48(28-36)91-95-93-92-88)57(84)69-51(62(73)87)46(78)21-24-64-23-8-7-22-63/h11-20,28,34-35,40-41,43-44,46-47,49-53,64,74-80,88H,4-10,21-27,29-33,63H2,1-3H3,(H,65,85)(H,66,81)(H,67,82)(H,68,83)(H,69,84)/t34-,35+,40+,41+,43+,44+,46-,47-,49+,50+,51+,52+,53+/m1/s1. The van der Waals surface area contributed by atoms with E-state index in [1.54, 1.807) is 19.2 Å². The Hall–Kier alpha value is -7.22. The minimum Gasteiger partial charge on any atom is -0.504 e. The number of aromatic hydroxyl groups is 1. The van der Waals surface area contributed by atoms with Gasteiger partial charge in [0.1, 0.15) is 52.0 Å². The van der Waals surface area contributed by atoms with Crippen LogP contribution in [0.2, 0.25) is 0 Å². The number of hydrogen-bond acceptors (Lipinski definition) is 26. The van der Waals surface area contributed by atoms with Gasteiger partial charge in [-0.1, -0.05) is 65.1 Å². The van der Waals surface area contributed by atoms with E-state index in [1.165, 1.54) is 42.5 Å². The van der Waals surface area contributed by atoms with Crippen LogP contribution in [0, 0.1) is 5.92 Å². The van der Waals surface area contributed by atoms with E-state index in [2.05, 4.69) is 51.5 Å². The molecule has 7 rings (SSSR count). The van der Waals surface area contributed by atoms with Gasteiger partial charge in [0.05, 0.1) is 43.2 Å². The van der Waals surface area contributed by atoms with Gasteiger partial charge in [-0.05, 0) is 113 Å². The average Bonchev–Trinajstić information content (AvgIpc) is 1.69. The Balaban J connectivity index is 1.16. The first-order valence-corrected chi connectivity index (χ1v) is 33.0. The van der Waals surface area contributed by atoms with Gasteiger partial charge in [0, 0.05) is 75.2 Å². The van der Waals surface area contributed by atoms with Crippen LogP contribution in [0.25, 0.3) is 21.1 Å². The predicted molar refractivity (Wildman–Crippen MR) is 343 cm³/mol. The molecule has 4 aromatic rings. The molecule has 0 saturated carbocycles. The quantitative estimate of drug-likeness (QED) is 0.0142. The second kappa shape index (κ2) is 37.3. The lowest BCUT2D eigenvalue weighted by Gasteiger charge is -2.34. The Morgan fingerprint density at radius 2 is 1.40 bits per heavy atom. The number of unbranched alkanes of at least 4 members (excludes halogenated alkanes) is 5. The molecule has 0 unspecified atom stereocenters. The lowest BCUT2D eigenvalue weighted by molar-refractivity contribution is -0.433. The third-order valence-electron chi connectivity index (χ3n) is 16.5. The minimum absolute atomic E-state index is 0.0229. The van der Waals surface area contributed by atoms with Crippen LogP contribution >= 0.6 is 23.7 Å². The molecular weight excluding hydrogens is 1280 g/mol. The molecule has 33 heteroatoms.